The van der Waals surface area contributed by atoms with Crippen LogP contribution in [-0.2, 0) is 0 Å². The van der Waals surface area contributed by atoms with Gasteiger partial charge in [-0.2, -0.15) is 0 Å². The number of aryl methyl sites for hydroxylation is 1. The summed E-state index contributed by atoms with van der Waals surface area (Å²) in [4.78, 5) is 10.2. The van der Waals surface area contributed by atoms with Crippen LogP contribution in [0.25, 0.3) is 0 Å². The number of benzene rings is 2. The molecule has 5 heteroatoms. The molecule has 2 rings (SSSR count). The van der Waals surface area contributed by atoms with E-state index >= 15 is 0 Å². The number of anilines is 1. The van der Waals surface area contributed by atoms with Gasteiger partial charge in [-0.1, -0.05) is 12.1 Å². The van der Waals surface area contributed by atoms with Crippen molar-refractivity contribution < 1.29 is 10.0 Å². The van der Waals surface area contributed by atoms with Gasteiger partial charge >= 0.3 is 0 Å². The number of phenols is 1. The molecule has 104 valence electrons. The number of nitro groups is 1. The van der Waals surface area contributed by atoms with Gasteiger partial charge < -0.3 is 10.4 Å². The molecule has 0 saturated heterocycles. The lowest BCUT2D eigenvalue weighted by Gasteiger charge is -2.16. The van der Waals surface area contributed by atoms with E-state index < -0.39 is 4.92 Å². The molecule has 0 bridgehead atoms. The fraction of sp³-hybridized carbons (Fsp3) is 0.200. The third kappa shape index (κ3) is 3.06. The standard InChI is InChI=1S/C15H16N2O3/c1-10-9-13(5-8-15(10)18)16-11(2)12-3-6-14(7-4-12)17(19)20/h3-9,11,16,18H,1-2H3. The highest BCUT2D eigenvalue weighted by molar-refractivity contribution is 5.51. The molecule has 0 radical (unpaired) electrons. The normalized spacial score (nSPS) is 11.9. The molecule has 0 saturated carbocycles. The quantitative estimate of drug-likeness (QED) is 0.504. The first-order valence-electron chi connectivity index (χ1n) is 6.28. The van der Waals surface area contributed by atoms with Crippen LogP contribution in [0.4, 0.5) is 11.4 Å². The lowest BCUT2D eigenvalue weighted by Crippen LogP contribution is -2.06. The summed E-state index contributed by atoms with van der Waals surface area (Å²) >= 11 is 0. The average molecular weight is 272 g/mol. The second kappa shape index (κ2) is 5.61. The van der Waals surface area contributed by atoms with Gasteiger partial charge in [-0.25, -0.2) is 0 Å². The number of nitrogens with zero attached hydrogens (tertiary/aromatic N) is 1. The number of hydrogen-bond donors (Lipinski definition) is 2. The Morgan fingerprint density at radius 1 is 1.20 bits per heavy atom. The van der Waals surface area contributed by atoms with Gasteiger partial charge in [0.15, 0.2) is 0 Å². The first-order chi connectivity index (χ1) is 9.47. The first kappa shape index (κ1) is 13.9. The van der Waals surface area contributed by atoms with Crippen molar-refractivity contribution in [3.05, 3.63) is 63.7 Å². The van der Waals surface area contributed by atoms with Crippen LogP contribution in [-0.4, -0.2) is 10.0 Å². The summed E-state index contributed by atoms with van der Waals surface area (Å²) in [6.45, 7) is 3.81. The fourth-order valence-corrected chi connectivity index (χ4v) is 1.96. The van der Waals surface area contributed by atoms with Crippen molar-refractivity contribution >= 4 is 11.4 Å². The molecular weight excluding hydrogens is 256 g/mol. The monoisotopic (exact) mass is 272 g/mol. The number of hydrogen-bond acceptors (Lipinski definition) is 4. The number of nitrogens with one attached hydrogen (secondary N) is 1. The van der Waals surface area contributed by atoms with E-state index in [0.29, 0.717) is 0 Å². The van der Waals surface area contributed by atoms with Crippen molar-refractivity contribution in [2.45, 2.75) is 19.9 Å². The Balaban J connectivity index is 2.12. The van der Waals surface area contributed by atoms with Crippen molar-refractivity contribution in [1.82, 2.24) is 0 Å². The summed E-state index contributed by atoms with van der Waals surface area (Å²) in [5, 5.41) is 23.4. The largest absolute Gasteiger partial charge is 0.508 e. The molecular formula is C15H16N2O3. The van der Waals surface area contributed by atoms with Gasteiger partial charge in [0, 0.05) is 23.9 Å². The van der Waals surface area contributed by atoms with Crippen LogP contribution >= 0.6 is 0 Å². The molecule has 0 fully saturated rings. The van der Waals surface area contributed by atoms with Crippen molar-refractivity contribution in [2.24, 2.45) is 0 Å². The summed E-state index contributed by atoms with van der Waals surface area (Å²) < 4.78 is 0. The summed E-state index contributed by atoms with van der Waals surface area (Å²) in [5.41, 5.74) is 2.74. The Morgan fingerprint density at radius 3 is 2.40 bits per heavy atom. The Hall–Kier alpha value is -2.56. The average Bonchev–Trinajstić information content (AvgIpc) is 2.43. The van der Waals surface area contributed by atoms with Crippen molar-refractivity contribution in [3.8, 4) is 5.75 Å². The van der Waals surface area contributed by atoms with E-state index in [9.17, 15) is 15.2 Å². The minimum atomic E-state index is -0.412. The number of rotatable bonds is 4. The molecule has 20 heavy (non-hydrogen) atoms. The molecule has 0 aliphatic carbocycles. The molecule has 1 unspecified atom stereocenters. The van der Waals surface area contributed by atoms with Gasteiger partial charge in [0.25, 0.3) is 5.69 Å². The molecule has 0 heterocycles. The Labute approximate surface area is 117 Å². The highest BCUT2D eigenvalue weighted by atomic mass is 16.6. The van der Waals surface area contributed by atoms with Crippen LogP contribution in [0.1, 0.15) is 24.1 Å². The number of non-ortho nitro benzene ring substituents is 1. The highest BCUT2D eigenvalue weighted by Crippen LogP contribution is 2.25. The number of nitro benzene ring substituents is 1. The molecule has 0 spiro atoms. The van der Waals surface area contributed by atoms with E-state index in [0.717, 1.165) is 16.8 Å². The van der Waals surface area contributed by atoms with Gasteiger partial charge in [0.1, 0.15) is 5.75 Å². The predicted octanol–water partition coefficient (Wildman–Crippen LogP) is 3.78. The van der Waals surface area contributed by atoms with E-state index in [1.807, 2.05) is 19.9 Å². The van der Waals surface area contributed by atoms with E-state index in [1.54, 1.807) is 24.3 Å². The molecule has 2 aromatic carbocycles. The second-order valence-corrected chi connectivity index (χ2v) is 4.72. The van der Waals surface area contributed by atoms with Crippen LogP contribution < -0.4 is 5.32 Å². The highest BCUT2D eigenvalue weighted by Gasteiger charge is 2.09. The van der Waals surface area contributed by atoms with Gasteiger partial charge in [-0.3, -0.25) is 10.1 Å². The zero-order chi connectivity index (χ0) is 14.7. The lowest BCUT2D eigenvalue weighted by molar-refractivity contribution is -0.384. The van der Waals surface area contributed by atoms with E-state index in [4.69, 9.17) is 0 Å². The van der Waals surface area contributed by atoms with Gasteiger partial charge in [-0.15, -0.1) is 0 Å². The molecule has 5 nitrogen and oxygen atoms in total. The van der Waals surface area contributed by atoms with E-state index in [2.05, 4.69) is 5.32 Å². The van der Waals surface area contributed by atoms with Crippen molar-refractivity contribution in [2.75, 3.05) is 5.32 Å². The topological polar surface area (TPSA) is 75.4 Å². The molecule has 2 N–H and O–H groups in total. The minimum absolute atomic E-state index is 0.0137. The molecule has 0 aliphatic rings. The maximum atomic E-state index is 10.6. The summed E-state index contributed by atoms with van der Waals surface area (Å²) in [5.74, 6) is 0.263. The third-order valence-electron chi connectivity index (χ3n) is 3.18. The fourth-order valence-electron chi connectivity index (χ4n) is 1.96. The molecule has 0 aromatic heterocycles. The second-order valence-electron chi connectivity index (χ2n) is 4.72. The maximum Gasteiger partial charge on any atom is 0.269 e. The van der Waals surface area contributed by atoms with Crippen LogP contribution in [0.3, 0.4) is 0 Å². The van der Waals surface area contributed by atoms with Gasteiger partial charge in [0.2, 0.25) is 0 Å². The SMILES string of the molecule is Cc1cc(NC(C)c2ccc([N+](=O)[O-])cc2)ccc1O. The van der Waals surface area contributed by atoms with E-state index in [1.165, 1.54) is 12.1 Å². The summed E-state index contributed by atoms with van der Waals surface area (Å²) in [6.07, 6.45) is 0. The Bertz CT molecular complexity index is 624. The maximum absolute atomic E-state index is 10.6. The zero-order valence-corrected chi connectivity index (χ0v) is 11.3. The smallest absolute Gasteiger partial charge is 0.269 e. The minimum Gasteiger partial charge on any atom is -0.508 e. The summed E-state index contributed by atoms with van der Waals surface area (Å²) in [6, 6.07) is 11.8. The van der Waals surface area contributed by atoms with Crippen molar-refractivity contribution in [1.29, 1.82) is 0 Å². The lowest BCUT2D eigenvalue weighted by atomic mass is 10.1. The van der Waals surface area contributed by atoms with Gasteiger partial charge in [-0.05, 0) is 43.2 Å². The zero-order valence-electron chi connectivity index (χ0n) is 11.3. The Morgan fingerprint density at radius 2 is 1.85 bits per heavy atom. The Kier molecular flexibility index (Phi) is 3.89. The van der Waals surface area contributed by atoms with Crippen LogP contribution in [0.15, 0.2) is 42.5 Å². The molecule has 0 amide bonds. The predicted molar refractivity (Wildman–Crippen MR) is 78.0 cm³/mol. The van der Waals surface area contributed by atoms with Crippen LogP contribution in [0.2, 0.25) is 0 Å². The number of phenolic OH excluding ortho intramolecular Hbond substituents is 1. The molecule has 2 aromatic rings. The third-order valence-corrected chi connectivity index (χ3v) is 3.18. The van der Waals surface area contributed by atoms with E-state index in [-0.39, 0.29) is 17.5 Å². The van der Waals surface area contributed by atoms with Gasteiger partial charge in [0.05, 0.1) is 4.92 Å². The van der Waals surface area contributed by atoms with Crippen LogP contribution in [0, 0.1) is 17.0 Å². The van der Waals surface area contributed by atoms with Crippen molar-refractivity contribution in [3.63, 3.8) is 0 Å². The van der Waals surface area contributed by atoms with Crippen LogP contribution in [0.5, 0.6) is 5.75 Å². The molecule has 0 aliphatic heterocycles. The summed E-state index contributed by atoms with van der Waals surface area (Å²) in [7, 11) is 0. The first-order valence-corrected chi connectivity index (χ1v) is 6.28. The molecule has 1 atom stereocenters. The number of aromatic hydroxyl groups is 1.